The van der Waals surface area contributed by atoms with Crippen LogP contribution in [-0.4, -0.2) is 33.8 Å². The van der Waals surface area contributed by atoms with E-state index < -0.39 is 0 Å². The zero-order valence-corrected chi connectivity index (χ0v) is 16.4. The Balaban J connectivity index is 1.57. The molecule has 2 aromatic rings. The predicted molar refractivity (Wildman–Crippen MR) is 103 cm³/mol. The van der Waals surface area contributed by atoms with Crippen LogP contribution in [0.1, 0.15) is 70.4 Å². The SMILES string of the molecule is CC(=O)c1[nH]c(C)c(C(=O)NC2CCC(Oc3cccnc3C)CC2)c1C. The average molecular weight is 369 g/mol. The van der Waals surface area contributed by atoms with E-state index in [2.05, 4.69) is 15.3 Å². The number of ketones is 1. The van der Waals surface area contributed by atoms with Gasteiger partial charge in [0.25, 0.3) is 5.91 Å². The lowest BCUT2D eigenvalue weighted by atomic mass is 9.92. The highest BCUT2D eigenvalue weighted by atomic mass is 16.5. The molecule has 2 heterocycles. The maximum absolute atomic E-state index is 12.7. The van der Waals surface area contributed by atoms with Crippen molar-refractivity contribution in [1.29, 1.82) is 0 Å². The number of rotatable bonds is 5. The van der Waals surface area contributed by atoms with Gasteiger partial charge in [-0.1, -0.05) is 0 Å². The number of pyridine rings is 1. The summed E-state index contributed by atoms with van der Waals surface area (Å²) in [6.45, 7) is 7.09. The number of aromatic amines is 1. The Morgan fingerprint density at radius 2 is 1.89 bits per heavy atom. The summed E-state index contributed by atoms with van der Waals surface area (Å²) >= 11 is 0. The smallest absolute Gasteiger partial charge is 0.253 e. The summed E-state index contributed by atoms with van der Waals surface area (Å²) < 4.78 is 6.07. The van der Waals surface area contributed by atoms with E-state index in [-0.39, 0.29) is 23.8 Å². The van der Waals surface area contributed by atoms with Crippen LogP contribution >= 0.6 is 0 Å². The first-order chi connectivity index (χ1) is 12.9. The first kappa shape index (κ1) is 19.1. The second-order valence-corrected chi connectivity index (χ2v) is 7.33. The number of aryl methyl sites for hydroxylation is 2. The second-order valence-electron chi connectivity index (χ2n) is 7.33. The van der Waals surface area contributed by atoms with Crippen LogP contribution in [-0.2, 0) is 0 Å². The number of hydrogen-bond donors (Lipinski definition) is 2. The molecule has 27 heavy (non-hydrogen) atoms. The molecule has 0 saturated heterocycles. The van der Waals surface area contributed by atoms with Crippen LogP contribution in [0, 0.1) is 20.8 Å². The molecule has 0 atom stereocenters. The zero-order chi connectivity index (χ0) is 19.6. The van der Waals surface area contributed by atoms with Crippen LogP contribution in [0.3, 0.4) is 0 Å². The summed E-state index contributed by atoms with van der Waals surface area (Å²) in [6, 6.07) is 3.95. The van der Waals surface area contributed by atoms with E-state index in [1.165, 1.54) is 6.92 Å². The van der Waals surface area contributed by atoms with Gasteiger partial charge in [0, 0.05) is 24.9 Å². The van der Waals surface area contributed by atoms with E-state index in [0.717, 1.165) is 48.4 Å². The molecule has 1 amide bonds. The van der Waals surface area contributed by atoms with Crippen LogP contribution in [0.5, 0.6) is 5.75 Å². The van der Waals surface area contributed by atoms with E-state index in [0.29, 0.717) is 11.3 Å². The van der Waals surface area contributed by atoms with Gasteiger partial charge in [-0.2, -0.15) is 0 Å². The molecule has 1 aliphatic rings. The van der Waals surface area contributed by atoms with Crippen LogP contribution in [0.15, 0.2) is 18.3 Å². The Morgan fingerprint density at radius 3 is 2.48 bits per heavy atom. The monoisotopic (exact) mass is 369 g/mol. The van der Waals surface area contributed by atoms with Crippen molar-refractivity contribution >= 4 is 11.7 Å². The van der Waals surface area contributed by atoms with E-state index in [1.807, 2.05) is 32.9 Å². The largest absolute Gasteiger partial charge is 0.489 e. The lowest BCUT2D eigenvalue weighted by Crippen LogP contribution is -2.40. The zero-order valence-electron chi connectivity index (χ0n) is 16.4. The fraction of sp³-hybridized carbons (Fsp3) is 0.476. The van der Waals surface area contributed by atoms with Crippen LogP contribution in [0.25, 0.3) is 0 Å². The Kier molecular flexibility index (Phi) is 5.63. The molecule has 2 aromatic heterocycles. The van der Waals surface area contributed by atoms with Gasteiger partial charge in [0.2, 0.25) is 0 Å². The number of nitrogens with one attached hydrogen (secondary N) is 2. The van der Waals surface area contributed by atoms with Crippen molar-refractivity contribution in [2.75, 3.05) is 0 Å². The lowest BCUT2D eigenvalue weighted by molar-refractivity contribution is 0.0892. The molecule has 2 N–H and O–H groups in total. The van der Waals surface area contributed by atoms with Gasteiger partial charge in [-0.25, -0.2) is 0 Å². The Bertz CT molecular complexity index is 848. The topological polar surface area (TPSA) is 84.1 Å². The molecule has 1 aliphatic carbocycles. The van der Waals surface area contributed by atoms with Crippen molar-refractivity contribution in [2.45, 2.75) is 65.5 Å². The van der Waals surface area contributed by atoms with Crippen LogP contribution in [0.4, 0.5) is 0 Å². The van der Waals surface area contributed by atoms with E-state index in [4.69, 9.17) is 4.74 Å². The molecule has 0 unspecified atom stereocenters. The van der Waals surface area contributed by atoms with Crippen molar-refractivity contribution in [3.8, 4) is 5.75 Å². The molecule has 1 fully saturated rings. The quantitative estimate of drug-likeness (QED) is 0.788. The highest BCUT2D eigenvalue weighted by Crippen LogP contribution is 2.26. The van der Waals surface area contributed by atoms with Crippen molar-refractivity contribution in [3.05, 3.63) is 46.5 Å². The van der Waals surface area contributed by atoms with Gasteiger partial charge >= 0.3 is 0 Å². The first-order valence-electron chi connectivity index (χ1n) is 9.46. The number of H-pyrrole nitrogens is 1. The molecular formula is C21H27N3O3. The number of Topliss-reactive ketones (excluding diaryl/α,β-unsaturated/α-hetero) is 1. The van der Waals surface area contributed by atoms with Gasteiger partial charge in [-0.3, -0.25) is 14.6 Å². The summed E-state index contributed by atoms with van der Waals surface area (Å²) in [6.07, 6.45) is 5.44. The van der Waals surface area contributed by atoms with Gasteiger partial charge in [0.1, 0.15) is 5.75 Å². The number of amides is 1. The number of carbonyl (C=O) groups is 2. The minimum absolute atomic E-state index is 0.0574. The fourth-order valence-electron chi connectivity index (χ4n) is 3.80. The fourth-order valence-corrected chi connectivity index (χ4v) is 3.80. The van der Waals surface area contributed by atoms with E-state index in [9.17, 15) is 9.59 Å². The molecule has 6 nitrogen and oxygen atoms in total. The molecular weight excluding hydrogens is 342 g/mol. The van der Waals surface area contributed by atoms with Crippen molar-refractivity contribution in [3.63, 3.8) is 0 Å². The van der Waals surface area contributed by atoms with Gasteiger partial charge in [-0.05, 0) is 64.2 Å². The molecule has 0 bridgehead atoms. The first-order valence-corrected chi connectivity index (χ1v) is 9.46. The van der Waals surface area contributed by atoms with Gasteiger partial charge in [-0.15, -0.1) is 0 Å². The Morgan fingerprint density at radius 1 is 1.19 bits per heavy atom. The van der Waals surface area contributed by atoms with Crippen LogP contribution < -0.4 is 10.1 Å². The van der Waals surface area contributed by atoms with Crippen molar-refractivity contribution < 1.29 is 14.3 Å². The summed E-state index contributed by atoms with van der Waals surface area (Å²) in [7, 11) is 0. The van der Waals surface area contributed by atoms with Crippen LogP contribution in [0.2, 0.25) is 0 Å². The van der Waals surface area contributed by atoms with Crippen molar-refractivity contribution in [2.24, 2.45) is 0 Å². The predicted octanol–water partition coefficient (Wildman–Crippen LogP) is 3.66. The summed E-state index contributed by atoms with van der Waals surface area (Å²) in [5, 5.41) is 3.13. The van der Waals surface area contributed by atoms with Gasteiger partial charge in [0.05, 0.1) is 23.1 Å². The third kappa shape index (κ3) is 4.21. The average Bonchev–Trinajstić information content (AvgIpc) is 2.93. The minimum atomic E-state index is -0.110. The number of aromatic nitrogens is 2. The third-order valence-electron chi connectivity index (χ3n) is 5.28. The third-order valence-corrected chi connectivity index (χ3v) is 5.28. The Labute approximate surface area is 159 Å². The number of hydrogen-bond acceptors (Lipinski definition) is 4. The van der Waals surface area contributed by atoms with E-state index >= 15 is 0 Å². The maximum atomic E-state index is 12.7. The molecule has 1 saturated carbocycles. The second kappa shape index (κ2) is 7.94. The van der Waals surface area contributed by atoms with Gasteiger partial charge in [0.15, 0.2) is 5.78 Å². The molecule has 0 aliphatic heterocycles. The molecule has 144 valence electrons. The lowest BCUT2D eigenvalue weighted by Gasteiger charge is -2.29. The standard InChI is InChI=1S/C21H27N3O3/c1-12-19(14(3)23-20(12)15(4)25)21(26)24-16-7-9-17(10-8-16)27-18-6-5-11-22-13(18)2/h5-6,11,16-17,23H,7-10H2,1-4H3,(H,24,26). The summed E-state index contributed by atoms with van der Waals surface area (Å²) in [5.74, 6) is 0.666. The minimum Gasteiger partial charge on any atom is -0.489 e. The highest BCUT2D eigenvalue weighted by molar-refractivity contribution is 6.02. The Hall–Kier alpha value is -2.63. The summed E-state index contributed by atoms with van der Waals surface area (Å²) in [4.78, 5) is 31.7. The number of nitrogens with zero attached hydrogens (tertiary/aromatic N) is 1. The summed E-state index contributed by atoms with van der Waals surface area (Å²) in [5.41, 5.74) is 3.46. The normalized spacial score (nSPS) is 19.6. The van der Waals surface area contributed by atoms with Crippen molar-refractivity contribution in [1.82, 2.24) is 15.3 Å². The molecule has 6 heteroatoms. The van der Waals surface area contributed by atoms with Gasteiger partial charge < -0.3 is 15.0 Å². The number of ether oxygens (including phenoxy) is 1. The number of carbonyl (C=O) groups excluding carboxylic acids is 2. The van der Waals surface area contributed by atoms with E-state index in [1.54, 1.807) is 6.20 Å². The highest BCUT2D eigenvalue weighted by Gasteiger charge is 2.26. The molecule has 0 spiro atoms. The molecule has 3 rings (SSSR count). The molecule has 0 radical (unpaired) electrons. The molecule has 0 aromatic carbocycles. The maximum Gasteiger partial charge on any atom is 0.253 e.